The molecule has 1 aliphatic rings. The first kappa shape index (κ1) is 24.0. The van der Waals surface area contributed by atoms with Crippen LogP contribution in [-0.2, 0) is 14.6 Å². The van der Waals surface area contributed by atoms with Gasteiger partial charge in [-0.05, 0) is 47.5 Å². The van der Waals surface area contributed by atoms with Crippen molar-refractivity contribution in [3.63, 3.8) is 0 Å². The molecule has 0 aromatic heterocycles. The number of nitrogens with zero attached hydrogens (tertiary/aromatic N) is 2. The molecule has 0 bridgehead atoms. The van der Waals surface area contributed by atoms with Crippen molar-refractivity contribution in [3.8, 4) is 11.5 Å². The summed E-state index contributed by atoms with van der Waals surface area (Å²) in [4.78, 5) is 25.1. The number of para-hydroxylation sites is 1. The van der Waals surface area contributed by atoms with Gasteiger partial charge < -0.3 is 4.74 Å². The van der Waals surface area contributed by atoms with E-state index in [9.17, 15) is 23.3 Å². The number of carbonyl (C=O) groups excluding carboxylic acids is 1. The fraction of sp³-hybridized carbons (Fsp3) is 0.0357. The van der Waals surface area contributed by atoms with Gasteiger partial charge in [-0.2, -0.15) is 0 Å². The van der Waals surface area contributed by atoms with Gasteiger partial charge in [0, 0.05) is 12.1 Å². The van der Waals surface area contributed by atoms with Gasteiger partial charge in [-0.25, -0.2) is 8.42 Å². The summed E-state index contributed by atoms with van der Waals surface area (Å²) >= 11 is 0. The molecule has 1 atom stereocenters. The van der Waals surface area contributed by atoms with E-state index in [4.69, 9.17) is 4.74 Å². The van der Waals surface area contributed by atoms with Crippen LogP contribution in [0.1, 0.15) is 16.5 Å². The standard InChI is InChI=1S/C28H20N2O6S/c31-27-26(18-20-9-7-16-25(17-20)36-24-14-5-2-6-15-24)37(34,35)28(21-10-3-1-4-11-21)29(27)22-12-8-13-23(19-22)30(32)33/h1-19,28H. The number of anilines is 1. The Morgan fingerprint density at radius 1 is 0.811 bits per heavy atom. The van der Waals surface area contributed by atoms with Gasteiger partial charge in [-0.3, -0.25) is 19.8 Å². The molecule has 184 valence electrons. The van der Waals surface area contributed by atoms with Gasteiger partial charge in [0.25, 0.3) is 11.6 Å². The monoisotopic (exact) mass is 512 g/mol. The Morgan fingerprint density at radius 3 is 2.16 bits per heavy atom. The number of ether oxygens (including phenoxy) is 1. The quantitative estimate of drug-likeness (QED) is 0.181. The van der Waals surface area contributed by atoms with Crippen molar-refractivity contribution < 1.29 is 22.9 Å². The molecule has 0 saturated carbocycles. The Morgan fingerprint density at radius 2 is 1.46 bits per heavy atom. The molecule has 0 spiro atoms. The van der Waals surface area contributed by atoms with E-state index in [1.807, 2.05) is 18.2 Å². The van der Waals surface area contributed by atoms with E-state index in [1.165, 1.54) is 30.3 Å². The first-order chi connectivity index (χ1) is 17.8. The van der Waals surface area contributed by atoms with E-state index >= 15 is 0 Å². The first-order valence-corrected chi connectivity index (χ1v) is 12.8. The van der Waals surface area contributed by atoms with E-state index in [1.54, 1.807) is 66.7 Å². The fourth-order valence-electron chi connectivity index (χ4n) is 4.15. The molecular weight excluding hydrogens is 492 g/mol. The number of amides is 1. The number of hydrogen-bond donors (Lipinski definition) is 0. The summed E-state index contributed by atoms with van der Waals surface area (Å²) in [5.74, 6) is 0.306. The molecule has 0 radical (unpaired) electrons. The molecule has 5 rings (SSSR count). The maximum absolute atomic E-state index is 13.8. The molecule has 9 heteroatoms. The molecule has 4 aromatic carbocycles. The van der Waals surface area contributed by atoms with E-state index in [-0.39, 0.29) is 11.4 Å². The van der Waals surface area contributed by atoms with Crippen molar-refractivity contribution in [1.82, 2.24) is 0 Å². The van der Waals surface area contributed by atoms with Crippen molar-refractivity contribution in [1.29, 1.82) is 0 Å². The van der Waals surface area contributed by atoms with Crippen LogP contribution >= 0.6 is 0 Å². The largest absolute Gasteiger partial charge is 0.457 e. The Kier molecular flexibility index (Phi) is 6.29. The molecule has 1 fully saturated rings. The molecule has 1 unspecified atom stereocenters. The fourth-order valence-corrected chi connectivity index (χ4v) is 6.04. The highest BCUT2D eigenvalue weighted by molar-refractivity contribution is 7.97. The summed E-state index contributed by atoms with van der Waals surface area (Å²) in [6.45, 7) is 0. The molecule has 1 saturated heterocycles. The number of benzene rings is 4. The second-order valence-corrected chi connectivity index (χ2v) is 10.2. The first-order valence-electron chi connectivity index (χ1n) is 11.3. The summed E-state index contributed by atoms with van der Waals surface area (Å²) in [5, 5.41) is 9.98. The number of sulfone groups is 1. The highest BCUT2D eigenvalue weighted by atomic mass is 32.2. The van der Waals surface area contributed by atoms with Crippen LogP contribution in [0, 0.1) is 10.1 Å². The summed E-state index contributed by atoms with van der Waals surface area (Å²) in [6.07, 6.45) is 1.31. The van der Waals surface area contributed by atoms with Crippen molar-refractivity contribution in [2.75, 3.05) is 4.90 Å². The number of carbonyl (C=O) groups is 1. The number of nitro groups is 1. The summed E-state index contributed by atoms with van der Waals surface area (Å²) in [5.41, 5.74) is 0.680. The van der Waals surface area contributed by atoms with Gasteiger partial charge in [0.1, 0.15) is 16.4 Å². The Hall–Kier alpha value is -4.76. The molecule has 0 N–H and O–H groups in total. The van der Waals surface area contributed by atoms with Gasteiger partial charge in [-0.1, -0.05) is 66.7 Å². The smallest absolute Gasteiger partial charge is 0.271 e. The van der Waals surface area contributed by atoms with E-state index < -0.39 is 30.9 Å². The third-order valence-corrected chi connectivity index (χ3v) is 7.78. The maximum atomic E-state index is 13.8. The minimum atomic E-state index is -4.20. The van der Waals surface area contributed by atoms with Crippen LogP contribution in [0.3, 0.4) is 0 Å². The topological polar surface area (TPSA) is 107 Å². The van der Waals surface area contributed by atoms with Crippen LogP contribution in [0.2, 0.25) is 0 Å². The van der Waals surface area contributed by atoms with Crippen LogP contribution < -0.4 is 9.64 Å². The predicted molar refractivity (Wildman–Crippen MR) is 140 cm³/mol. The molecule has 4 aromatic rings. The third-order valence-electron chi connectivity index (χ3n) is 5.80. The van der Waals surface area contributed by atoms with Gasteiger partial charge in [-0.15, -0.1) is 0 Å². The van der Waals surface area contributed by atoms with Gasteiger partial charge in [0.15, 0.2) is 5.37 Å². The molecule has 0 aliphatic carbocycles. The van der Waals surface area contributed by atoms with Crippen molar-refractivity contribution in [3.05, 3.63) is 135 Å². The molecule has 8 nitrogen and oxygen atoms in total. The minimum absolute atomic E-state index is 0.112. The number of hydrogen-bond acceptors (Lipinski definition) is 6. The molecule has 1 aliphatic heterocycles. The number of non-ortho nitro benzene ring substituents is 1. The van der Waals surface area contributed by atoms with Gasteiger partial charge in [0.2, 0.25) is 9.84 Å². The number of rotatable bonds is 6. The Balaban J connectivity index is 1.60. The summed E-state index contributed by atoms with van der Waals surface area (Å²) in [6, 6.07) is 29.5. The third kappa shape index (κ3) is 4.72. The molecule has 1 heterocycles. The zero-order chi connectivity index (χ0) is 26.0. The van der Waals surface area contributed by atoms with Crippen LogP contribution in [0.25, 0.3) is 6.08 Å². The Bertz CT molecular complexity index is 1620. The second-order valence-electron chi connectivity index (χ2n) is 8.26. The second kappa shape index (κ2) is 9.71. The van der Waals surface area contributed by atoms with Gasteiger partial charge >= 0.3 is 0 Å². The average molecular weight is 513 g/mol. The predicted octanol–water partition coefficient (Wildman–Crippen LogP) is 5.89. The van der Waals surface area contributed by atoms with Crippen molar-refractivity contribution in [2.24, 2.45) is 0 Å². The van der Waals surface area contributed by atoms with Gasteiger partial charge in [0.05, 0.1) is 10.6 Å². The van der Waals surface area contributed by atoms with Crippen molar-refractivity contribution >= 4 is 33.2 Å². The Labute approximate surface area is 213 Å². The summed E-state index contributed by atoms with van der Waals surface area (Å²) < 4.78 is 33.4. The normalized spacial score (nSPS) is 17.6. The van der Waals surface area contributed by atoms with E-state index in [2.05, 4.69) is 0 Å². The van der Waals surface area contributed by atoms with Crippen LogP contribution in [-0.4, -0.2) is 19.2 Å². The summed E-state index contributed by atoms with van der Waals surface area (Å²) in [7, 11) is -4.20. The molecule has 37 heavy (non-hydrogen) atoms. The molecular formula is C28H20N2O6S. The highest BCUT2D eigenvalue weighted by Crippen LogP contribution is 2.44. The highest BCUT2D eigenvalue weighted by Gasteiger charge is 2.50. The minimum Gasteiger partial charge on any atom is -0.457 e. The zero-order valence-corrected chi connectivity index (χ0v) is 20.1. The lowest BCUT2D eigenvalue weighted by atomic mass is 10.1. The van der Waals surface area contributed by atoms with E-state index in [0.717, 1.165) is 4.90 Å². The van der Waals surface area contributed by atoms with E-state index in [0.29, 0.717) is 22.6 Å². The zero-order valence-electron chi connectivity index (χ0n) is 19.3. The van der Waals surface area contributed by atoms with Crippen LogP contribution in [0.5, 0.6) is 11.5 Å². The van der Waals surface area contributed by atoms with Crippen LogP contribution in [0.15, 0.2) is 114 Å². The van der Waals surface area contributed by atoms with Crippen LogP contribution in [0.4, 0.5) is 11.4 Å². The van der Waals surface area contributed by atoms with Crippen molar-refractivity contribution in [2.45, 2.75) is 5.37 Å². The number of nitro benzene ring substituents is 1. The maximum Gasteiger partial charge on any atom is 0.271 e. The molecule has 1 amide bonds. The SMILES string of the molecule is O=C1C(=Cc2cccc(Oc3ccccc3)c2)S(=O)(=O)C(c2ccccc2)N1c1cccc([N+](=O)[O-])c1. The lowest BCUT2D eigenvalue weighted by molar-refractivity contribution is -0.384. The average Bonchev–Trinajstić information content (AvgIpc) is 3.10. The lowest BCUT2D eigenvalue weighted by Crippen LogP contribution is -2.29. The lowest BCUT2D eigenvalue weighted by Gasteiger charge is -2.23.